The summed E-state index contributed by atoms with van der Waals surface area (Å²) in [5, 5.41) is 0. The normalized spacial score (nSPS) is 11.2. The molecule has 4 nitrogen and oxygen atoms in total. The summed E-state index contributed by atoms with van der Waals surface area (Å²) in [5.74, 6) is -0.494. The number of hydrogen-bond donors (Lipinski definition) is 0. The van der Waals surface area contributed by atoms with Crippen LogP contribution >= 0.6 is 26.6 Å². The summed E-state index contributed by atoms with van der Waals surface area (Å²) in [6.07, 6.45) is 0.723. The molecule has 1 aromatic carbocycles. The number of hydrogen-bond acceptors (Lipinski definition) is 4. The van der Waals surface area contributed by atoms with E-state index >= 15 is 0 Å². The third kappa shape index (κ3) is 3.97. The summed E-state index contributed by atoms with van der Waals surface area (Å²) in [5.41, 5.74) is 0.273. The Labute approximate surface area is 112 Å². The highest BCUT2D eigenvalue weighted by Crippen LogP contribution is 2.26. The van der Waals surface area contributed by atoms with E-state index in [0.717, 1.165) is 6.42 Å². The van der Waals surface area contributed by atoms with Crippen molar-refractivity contribution in [3.05, 3.63) is 28.2 Å². The second kappa shape index (κ2) is 5.84. The van der Waals surface area contributed by atoms with Crippen molar-refractivity contribution < 1.29 is 17.9 Å². The van der Waals surface area contributed by atoms with E-state index in [9.17, 15) is 13.2 Å². The molecular formula is C10H10BrClO4S. The molecule has 0 spiro atoms. The van der Waals surface area contributed by atoms with Gasteiger partial charge in [-0.15, -0.1) is 0 Å². The molecule has 0 radical (unpaired) electrons. The third-order valence-corrected chi connectivity index (χ3v) is 4.17. The smallest absolute Gasteiger partial charge is 0.338 e. The van der Waals surface area contributed by atoms with Crippen molar-refractivity contribution in [2.24, 2.45) is 0 Å². The number of rotatable bonds is 4. The van der Waals surface area contributed by atoms with Gasteiger partial charge < -0.3 is 4.74 Å². The summed E-state index contributed by atoms with van der Waals surface area (Å²) in [4.78, 5) is 11.4. The van der Waals surface area contributed by atoms with Crippen molar-refractivity contribution in [1.29, 1.82) is 0 Å². The predicted molar refractivity (Wildman–Crippen MR) is 67.8 cm³/mol. The number of carbonyl (C=O) groups is 1. The van der Waals surface area contributed by atoms with Gasteiger partial charge in [0.2, 0.25) is 0 Å². The molecule has 17 heavy (non-hydrogen) atoms. The minimum absolute atomic E-state index is 0.0776. The zero-order valence-corrected chi connectivity index (χ0v) is 12.1. The third-order valence-electron chi connectivity index (χ3n) is 1.87. The van der Waals surface area contributed by atoms with Crippen LogP contribution in [0.4, 0.5) is 0 Å². The van der Waals surface area contributed by atoms with Gasteiger partial charge in [0, 0.05) is 15.2 Å². The zero-order chi connectivity index (χ0) is 13.1. The molecule has 7 heteroatoms. The van der Waals surface area contributed by atoms with Crippen LogP contribution in [0, 0.1) is 0 Å². The first-order chi connectivity index (χ1) is 7.86. The standard InChI is InChI=1S/C10H10BrClO4S/c1-2-5-16-10(13)7-3-4-9(8(11)6-7)17(12,14)15/h3-4,6H,2,5H2,1H3. The highest BCUT2D eigenvalue weighted by atomic mass is 79.9. The van der Waals surface area contributed by atoms with Gasteiger partial charge >= 0.3 is 5.97 Å². The van der Waals surface area contributed by atoms with Crippen molar-refractivity contribution in [1.82, 2.24) is 0 Å². The Hall–Kier alpha value is -0.590. The SMILES string of the molecule is CCCOC(=O)c1ccc(S(=O)(=O)Cl)c(Br)c1. The molecule has 0 fully saturated rings. The topological polar surface area (TPSA) is 60.4 Å². The molecule has 0 N–H and O–H groups in total. The van der Waals surface area contributed by atoms with Gasteiger partial charge in [0.1, 0.15) is 0 Å². The minimum atomic E-state index is -3.82. The maximum atomic E-state index is 11.5. The first kappa shape index (κ1) is 14.5. The van der Waals surface area contributed by atoms with Crippen molar-refractivity contribution in [3.63, 3.8) is 0 Å². The van der Waals surface area contributed by atoms with Gasteiger partial charge in [-0.05, 0) is 40.5 Å². The molecule has 0 aromatic heterocycles. The molecule has 0 atom stereocenters. The van der Waals surface area contributed by atoms with Crippen molar-refractivity contribution in [3.8, 4) is 0 Å². The van der Waals surface area contributed by atoms with E-state index in [2.05, 4.69) is 15.9 Å². The van der Waals surface area contributed by atoms with Crippen LogP contribution in [0.3, 0.4) is 0 Å². The molecule has 0 aliphatic carbocycles. The van der Waals surface area contributed by atoms with E-state index in [1.54, 1.807) is 0 Å². The van der Waals surface area contributed by atoms with E-state index < -0.39 is 15.0 Å². The number of ether oxygens (including phenoxy) is 1. The fourth-order valence-electron chi connectivity index (χ4n) is 1.10. The van der Waals surface area contributed by atoms with Crippen LogP contribution in [0.15, 0.2) is 27.6 Å². The Morgan fingerprint density at radius 1 is 1.47 bits per heavy atom. The summed E-state index contributed by atoms with van der Waals surface area (Å²) in [7, 11) is 1.39. The van der Waals surface area contributed by atoms with Gasteiger partial charge in [0.05, 0.1) is 17.1 Å². The lowest BCUT2D eigenvalue weighted by Gasteiger charge is -2.05. The largest absolute Gasteiger partial charge is 0.462 e. The number of esters is 1. The monoisotopic (exact) mass is 340 g/mol. The van der Waals surface area contributed by atoms with Crippen LogP contribution in [-0.2, 0) is 13.8 Å². The van der Waals surface area contributed by atoms with E-state index in [4.69, 9.17) is 15.4 Å². The molecule has 0 aliphatic heterocycles. The van der Waals surface area contributed by atoms with E-state index in [-0.39, 0.29) is 14.9 Å². The van der Waals surface area contributed by atoms with Gasteiger partial charge in [-0.25, -0.2) is 13.2 Å². The first-order valence-corrected chi connectivity index (χ1v) is 7.88. The van der Waals surface area contributed by atoms with E-state index in [1.165, 1.54) is 18.2 Å². The summed E-state index contributed by atoms with van der Waals surface area (Å²) < 4.78 is 27.4. The fraction of sp³-hybridized carbons (Fsp3) is 0.300. The fourth-order valence-corrected chi connectivity index (χ4v) is 3.33. The van der Waals surface area contributed by atoms with Crippen LogP contribution in [-0.4, -0.2) is 21.0 Å². The van der Waals surface area contributed by atoms with Crippen LogP contribution in [0.1, 0.15) is 23.7 Å². The summed E-state index contributed by atoms with van der Waals surface area (Å²) in [6, 6.07) is 3.99. The lowest BCUT2D eigenvalue weighted by atomic mass is 10.2. The molecule has 0 heterocycles. The second-order valence-corrected chi connectivity index (χ2v) is 6.61. The Morgan fingerprint density at radius 3 is 2.59 bits per heavy atom. The number of carbonyl (C=O) groups excluding carboxylic acids is 1. The molecular weight excluding hydrogens is 332 g/mol. The lowest BCUT2D eigenvalue weighted by Crippen LogP contribution is -2.06. The molecule has 0 saturated heterocycles. The van der Waals surface area contributed by atoms with Gasteiger partial charge in [0.25, 0.3) is 9.05 Å². The van der Waals surface area contributed by atoms with Gasteiger partial charge in [-0.2, -0.15) is 0 Å². The van der Waals surface area contributed by atoms with Crippen molar-refractivity contribution >= 4 is 41.6 Å². The average molecular weight is 342 g/mol. The minimum Gasteiger partial charge on any atom is -0.462 e. The van der Waals surface area contributed by atoms with E-state index in [0.29, 0.717) is 6.61 Å². The Morgan fingerprint density at radius 2 is 2.12 bits per heavy atom. The Kier molecular flexibility index (Phi) is 4.97. The van der Waals surface area contributed by atoms with Gasteiger partial charge in [-0.1, -0.05) is 6.92 Å². The summed E-state index contributed by atoms with van der Waals surface area (Å²) in [6.45, 7) is 2.21. The Balaban J connectivity index is 3.01. The molecule has 1 aromatic rings. The van der Waals surface area contributed by atoms with Crippen molar-refractivity contribution in [2.45, 2.75) is 18.2 Å². The maximum absolute atomic E-state index is 11.5. The Bertz CT molecular complexity index is 527. The lowest BCUT2D eigenvalue weighted by molar-refractivity contribution is 0.0505. The number of halogens is 2. The molecule has 0 aliphatic rings. The summed E-state index contributed by atoms with van der Waals surface area (Å²) >= 11 is 3.05. The molecule has 94 valence electrons. The predicted octanol–water partition coefficient (Wildman–Crippen LogP) is 2.94. The molecule has 0 saturated carbocycles. The van der Waals surface area contributed by atoms with Crippen molar-refractivity contribution in [2.75, 3.05) is 6.61 Å². The molecule has 0 amide bonds. The highest BCUT2D eigenvalue weighted by Gasteiger charge is 2.16. The average Bonchev–Trinajstić information content (AvgIpc) is 2.23. The molecule has 0 bridgehead atoms. The van der Waals surface area contributed by atoms with Gasteiger partial charge in [-0.3, -0.25) is 0 Å². The second-order valence-electron chi connectivity index (χ2n) is 3.22. The molecule has 1 rings (SSSR count). The zero-order valence-electron chi connectivity index (χ0n) is 8.94. The van der Waals surface area contributed by atoms with Crippen LogP contribution in [0.5, 0.6) is 0 Å². The van der Waals surface area contributed by atoms with E-state index in [1.807, 2.05) is 6.92 Å². The maximum Gasteiger partial charge on any atom is 0.338 e. The quantitative estimate of drug-likeness (QED) is 0.624. The van der Waals surface area contributed by atoms with Crippen LogP contribution < -0.4 is 0 Å². The number of benzene rings is 1. The van der Waals surface area contributed by atoms with Crippen LogP contribution in [0.2, 0.25) is 0 Å². The molecule has 0 unspecified atom stereocenters. The van der Waals surface area contributed by atoms with Gasteiger partial charge in [0.15, 0.2) is 0 Å². The highest BCUT2D eigenvalue weighted by molar-refractivity contribution is 9.10. The first-order valence-electron chi connectivity index (χ1n) is 4.77. The van der Waals surface area contributed by atoms with Crippen LogP contribution in [0.25, 0.3) is 0 Å².